The highest BCUT2D eigenvalue weighted by Gasteiger charge is 2.34. The van der Waals surface area contributed by atoms with E-state index in [2.05, 4.69) is 22.3 Å². The van der Waals surface area contributed by atoms with Crippen LogP contribution in [0.15, 0.2) is 15.7 Å². The topological polar surface area (TPSA) is 94.1 Å². The van der Waals surface area contributed by atoms with Crippen LogP contribution in [0.2, 0.25) is 0 Å². The van der Waals surface area contributed by atoms with Crippen LogP contribution in [-0.4, -0.2) is 45.7 Å². The van der Waals surface area contributed by atoms with Gasteiger partial charge in [-0.2, -0.15) is 4.31 Å². The highest BCUT2D eigenvalue weighted by Crippen LogP contribution is 2.28. The van der Waals surface area contributed by atoms with E-state index < -0.39 is 10.0 Å². The van der Waals surface area contributed by atoms with Gasteiger partial charge < -0.3 is 9.09 Å². The summed E-state index contributed by atoms with van der Waals surface area (Å²) in [7, 11) is -3.53. The number of aryl methyl sites for hydroxylation is 3. The first-order valence-electron chi connectivity index (χ1n) is 8.23. The zero-order chi connectivity index (χ0) is 17.3. The summed E-state index contributed by atoms with van der Waals surface area (Å²) < 4.78 is 34.2. The third-order valence-corrected chi connectivity index (χ3v) is 6.79. The molecule has 8 nitrogen and oxygen atoms in total. The first-order valence-corrected chi connectivity index (χ1v) is 9.67. The van der Waals surface area contributed by atoms with Crippen molar-refractivity contribution in [1.29, 1.82) is 0 Å². The van der Waals surface area contributed by atoms with Crippen LogP contribution in [0.3, 0.4) is 0 Å². The Balaban J connectivity index is 1.67. The van der Waals surface area contributed by atoms with Crippen LogP contribution in [0, 0.1) is 19.8 Å². The smallest absolute Gasteiger partial charge is 0.248 e. The van der Waals surface area contributed by atoms with Gasteiger partial charge in [0.05, 0.1) is 0 Å². The van der Waals surface area contributed by atoms with Crippen LogP contribution < -0.4 is 0 Å². The Hall–Kier alpha value is -1.74. The number of rotatable bonds is 5. The summed E-state index contributed by atoms with van der Waals surface area (Å²) in [6, 6.07) is 0. The van der Waals surface area contributed by atoms with Crippen molar-refractivity contribution in [3.63, 3.8) is 0 Å². The number of aromatic nitrogens is 4. The first-order chi connectivity index (χ1) is 11.4. The molecule has 3 heterocycles. The lowest BCUT2D eigenvalue weighted by molar-refractivity contribution is 0.268. The maximum atomic E-state index is 12.8. The van der Waals surface area contributed by atoms with Crippen molar-refractivity contribution in [2.45, 2.75) is 51.5 Å². The quantitative estimate of drug-likeness (QED) is 0.809. The van der Waals surface area contributed by atoms with Gasteiger partial charge in [0.25, 0.3) is 0 Å². The van der Waals surface area contributed by atoms with Crippen molar-refractivity contribution in [2.24, 2.45) is 5.92 Å². The Bertz CT molecular complexity index is 783. The molecule has 9 heteroatoms. The summed E-state index contributed by atoms with van der Waals surface area (Å²) in [5, 5.41) is 11.9. The maximum Gasteiger partial charge on any atom is 0.248 e. The fourth-order valence-corrected chi connectivity index (χ4v) is 5.05. The van der Waals surface area contributed by atoms with E-state index in [1.165, 1.54) is 0 Å². The average molecular weight is 353 g/mol. The summed E-state index contributed by atoms with van der Waals surface area (Å²) in [6.07, 6.45) is 4.22. The monoisotopic (exact) mass is 353 g/mol. The molecule has 0 N–H and O–H groups in total. The summed E-state index contributed by atoms with van der Waals surface area (Å²) in [6.45, 7) is 7.23. The van der Waals surface area contributed by atoms with Crippen molar-refractivity contribution >= 4 is 10.0 Å². The van der Waals surface area contributed by atoms with Crippen LogP contribution in [-0.2, 0) is 23.0 Å². The fraction of sp³-hybridized carbons (Fsp3) is 0.667. The lowest BCUT2D eigenvalue weighted by atomic mass is 9.94. The van der Waals surface area contributed by atoms with E-state index in [0.29, 0.717) is 30.5 Å². The largest absolute Gasteiger partial charge is 0.360 e. The molecule has 1 saturated heterocycles. The summed E-state index contributed by atoms with van der Waals surface area (Å²) in [4.78, 5) is 0.215. The molecule has 0 amide bonds. The van der Waals surface area contributed by atoms with Crippen LogP contribution in [0.25, 0.3) is 0 Å². The molecule has 3 rings (SSSR count). The standard InChI is InChI=1S/C15H23N5O3S/c1-4-19-10-16-17-14(19)9-13-5-7-20(8-6-13)24(21,22)15-11(2)18-23-12(15)3/h10,13H,4-9H2,1-3H3. The third kappa shape index (κ3) is 3.10. The van der Waals surface area contributed by atoms with Gasteiger partial charge in [-0.05, 0) is 39.5 Å². The third-order valence-electron chi connectivity index (χ3n) is 4.65. The Morgan fingerprint density at radius 2 is 2.00 bits per heavy atom. The fourth-order valence-electron chi connectivity index (χ4n) is 3.29. The molecule has 0 unspecified atom stereocenters. The van der Waals surface area contributed by atoms with Crippen molar-refractivity contribution in [3.05, 3.63) is 23.6 Å². The van der Waals surface area contributed by atoms with Gasteiger partial charge in [0.15, 0.2) is 5.76 Å². The van der Waals surface area contributed by atoms with E-state index in [1.807, 2.05) is 4.57 Å². The lowest BCUT2D eigenvalue weighted by Gasteiger charge is -2.30. The summed E-state index contributed by atoms with van der Waals surface area (Å²) in [5.74, 6) is 1.76. The number of piperidine rings is 1. The predicted molar refractivity (Wildman–Crippen MR) is 86.9 cm³/mol. The van der Waals surface area contributed by atoms with Crippen LogP contribution in [0.4, 0.5) is 0 Å². The molecule has 0 atom stereocenters. The Morgan fingerprint density at radius 1 is 1.29 bits per heavy atom. The number of hydrogen-bond acceptors (Lipinski definition) is 6. The van der Waals surface area contributed by atoms with Crippen molar-refractivity contribution in [1.82, 2.24) is 24.2 Å². The SMILES string of the molecule is CCn1cnnc1CC1CCN(S(=O)(=O)c2c(C)noc2C)CC1. The van der Waals surface area contributed by atoms with Gasteiger partial charge >= 0.3 is 0 Å². The van der Waals surface area contributed by atoms with Gasteiger partial charge in [-0.15, -0.1) is 10.2 Å². The van der Waals surface area contributed by atoms with E-state index in [-0.39, 0.29) is 4.90 Å². The molecule has 0 aromatic carbocycles. The van der Waals surface area contributed by atoms with Crippen LogP contribution in [0.5, 0.6) is 0 Å². The minimum atomic E-state index is -3.53. The zero-order valence-electron chi connectivity index (χ0n) is 14.3. The normalized spacial score (nSPS) is 17.5. The van der Waals surface area contributed by atoms with Gasteiger partial charge in [-0.3, -0.25) is 0 Å². The second kappa shape index (κ2) is 6.64. The molecular weight excluding hydrogens is 330 g/mol. The van der Waals surface area contributed by atoms with E-state index >= 15 is 0 Å². The van der Waals surface area contributed by atoms with Gasteiger partial charge in [0, 0.05) is 26.1 Å². The van der Waals surface area contributed by atoms with Crippen molar-refractivity contribution < 1.29 is 12.9 Å². The van der Waals surface area contributed by atoms with Gasteiger partial charge in [0.1, 0.15) is 22.7 Å². The second-order valence-corrected chi connectivity index (χ2v) is 8.11. The maximum absolute atomic E-state index is 12.8. The molecule has 2 aromatic heterocycles. The molecule has 132 valence electrons. The molecule has 1 fully saturated rings. The summed E-state index contributed by atoms with van der Waals surface area (Å²) in [5.41, 5.74) is 0.422. The number of nitrogens with zero attached hydrogens (tertiary/aromatic N) is 5. The minimum absolute atomic E-state index is 0.215. The molecule has 0 bridgehead atoms. The van der Waals surface area contributed by atoms with Crippen molar-refractivity contribution in [3.8, 4) is 0 Å². The molecule has 1 aliphatic rings. The highest BCUT2D eigenvalue weighted by molar-refractivity contribution is 7.89. The Morgan fingerprint density at radius 3 is 2.58 bits per heavy atom. The van der Waals surface area contributed by atoms with Gasteiger partial charge in [0.2, 0.25) is 10.0 Å². The molecule has 0 radical (unpaired) electrons. The molecule has 0 spiro atoms. The molecule has 2 aromatic rings. The van der Waals surface area contributed by atoms with Crippen LogP contribution in [0.1, 0.15) is 37.0 Å². The van der Waals surface area contributed by atoms with E-state index in [0.717, 1.165) is 31.6 Å². The van der Waals surface area contributed by atoms with Gasteiger partial charge in [-0.25, -0.2) is 8.42 Å². The molecule has 0 saturated carbocycles. The number of hydrogen-bond donors (Lipinski definition) is 0. The average Bonchev–Trinajstić information content (AvgIpc) is 3.14. The molecule has 24 heavy (non-hydrogen) atoms. The van der Waals surface area contributed by atoms with E-state index in [1.54, 1.807) is 24.5 Å². The zero-order valence-corrected chi connectivity index (χ0v) is 15.1. The van der Waals surface area contributed by atoms with Crippen LogP contribution >= 0.6 is 0 Å². The molecule has 1 aliphatic heterocycles. The van der Waals surface area contributed by atoms with E-state index in [9.17, 15) is 8.42 Å². The minimum Gasteiger partial charge on any atom is -0.360 e. The second-order valence-electron chi connectivity index (χ2n) is 6.24. The Labute approximate surface area is 141 Å². The lowest BCUT2D eigenvalue weighted by Crippen LogP contribution is -2.39. The number of sulfonamides is 1. The Kier molecular flexibility index (Phi) is 4.73. The van der Waals surface area contributed by atoms with Gasteiger partial charge in [-0.1, -0.05) is 5.16 Å². The first kappa shape index (κ1) is 17.1. The molecular formula is C15H23N5O3S. The summed E-state index contributed by atoms with van der Waals surface area (Å²) >= 11 is 0. The molecule has 0 aliphatic carbocycles. The predicted octanol–water partition coefficient (Wildman–Crippen LogP) is 1.55. The van der Waals surface area contributed by atoms with Crippen molar-refractivity contribution in [2.75, 3.05) is 13.1 Å². The van der Waals surface area contributed by atoms with E-state index in [4.69, 9.17) is 4.52 Å². The highest BCUT2D eigenvalue weighted by atomic mass is 32.2.